The second-order valence-corrected chi connectivity index (χ2v) is 7.44. The first-order chi connectivity index (χ1) is 14.5. The zero-order chi connectivity index (χ0) is 21.5. The number of amides is 1. The molecular weight excluding hydrogens is 374 g/mol. The number of carbonyl (C=O) groups excluding carboxylic acids is 1. The van der Waals surface area contributed by atoms with Crippen molar-refractivity contribution in [2.24, 2.45) is 0 Å². The molecule has 0 radical (unpaired) electrons. The number of aromatic nitrogens is 1. The molecule has 0 aliphatic heterocycles. The summed E-state index contributed by atoms with van der Waals surface area (Å²) >= 11 is 0. The molecule has 0 atom stereocenters. The molecule has 30 heavy (non-hydrogen) atoms. The van der Waals surface area contributed by atoms with Gasteiger partial charge < -0.3 is 15.0 Å². The van der Waals surface area contributed by atoms with Gasteiger partial charge in [-0.25, -0.2) is 0 Å². The zero-order valence-electron chi connectivity index (χ0n) is 18.1. The maximum Gasteiger partial charge on any atom is 0.251 e. The molecule has 0 aliphatic rings. The lowest BCUT2D eigenvalue weighted by Crippen LogP contribution is -2.31. The van der Waals surface area contributed by atoms with E-state index in [0.29, 0.717) is 12.1 Å². The van der Waals surface area contributed by atoms with E-state index < -0.39 is 0 Å². The van der Waals surface area contributed by atoms with Gasteiger partial charge in [0, 0.05) is 41.7 Å². The van der Waals surface area contributed by atoms with Crippen molar-refractivity contribution in [3.63, 3.8) is 0 Å². The van der Waals surface area contributed by atoms with Crippen LogP contribution in [0.4, 0.5) is 0 Å². The van der Waals surface area contributed by atoms with Crippen LogP contribution in [0.25, 0.3) is 22.3 Å². The van der Waals surface area contributed by atoms with Crippen LogP contribution < -0.4 is 10.1 Å². The summed E-state index contributed by atoms with van der Waals surface area (Å²) in [5.41, 5.74) is 5.77. The molecule has 0 unspecified atom stereocenters. The summed E-state index contributed by atoms with van der Waals surface area (Å²) < 4.78 is 5.39. The van der Waals surface area contributed by atoms with Crippen LogP contribution in [0, 0.1) is 0 Å². The van der Waals surface area contributed by atoms with Gasteiger partial charge in [-0.05, 0) is 62.0 Å². The third-order valence-corrected chi connectivity index (χ3v) is 4.99. The van der Waals surface area contributed by atoms with Gasteiger partial charge in [0.2, 0.25) is 0 Å². The number of ether oxygens (including phenoxy) is 1. The minimum absolute atomic E-state index is 0.0649. The summed E-state index contributed by atoms with van der Waals surface area (Å²) in [6.45, 7) is 3.52. The average molecular weight is 404 g/mol. The molecule has 5 heteroatoms. The lowest BCUT2D eigenvalue weighted by atomic mass is 9.97. The molecule has 0 aliphatic carbocycles. The zero-order valence-corrected chi connectivity index (χ0v) is 18.1. The number of hydrogen-bond acceptors (Lipinski definition) is 4. The van der Waals surface area contributed by atoms with Gasteiger partial charge in [-0.2, -0.15) is 0 Å². The Morgan fingerprint density at radius 2 is 1.80 bits per heavy atom. The fourth-order valence-corrected chi connectivity index (χ4v) is 3.31. The number of hydrogen-bond donors (Lipinski definition) is 1. The maximum atomic E-state index is 12.5. The molecule has 3 rings (SSSR count). The van der Waals surface area contributed by atoms with Gasteiger partial charge in [0.1, 0.15) is 5.75 Å². The molecule has 3 aromatic rings. The first-order valence-corrected chi connectivity index (χ1v) is 10.2. The van der Waals surface area contributed by atoms with Crippen molar-refractivity contribution in [3.05, 3.63) is 72.1 Å². The fourth-order valence-electron chi connectivity index (χ4n) is 3.31. The summed E-state index contributed by atoms with van der Waals surface area (Å²) in [5.74, 6) is 0.751. The standard InChI is InChI=1S/C25H29N3O2/c1-5-24-23(19-9-7-11-22(15-19)30-4)16-21(17-27-24)18-8-6-10-20(14-18)25(29)26-12-13-28(2)3/h6-11,14-17H,5,12-13H2,1-4H3,(H,26,29). The molecule has 0 saturated carbocycles. The van der Waals surface area contributed by atoms with E-state index in [2.05, 4.69) is 24.4 Å². The third kappa shape index (κ3) is 5.24. The fraction of sp³-hybridized carbons (Fsp3) is 0.280. The molecule has 0 saturated heterocycles. The predicted octanol–water partition coefficient (Wildman–Crippen LogP) is 4.28. The molecule has 1 amide bonds. The van der Waals surface area contributed by atoms with Crippen molar-refractivity contribution in [3.8, 4) is 28.0 Å². The van der Waals surface area contributed by atoms with Crippen molar-refractivity contribution in [1.29, 1.82) is 0 Å². The number of likely N-dealkylation sites (N-methyl/N-ethyl adjacent to an activating group) is 1. The Morgan fingerprint density at radius 3 is 2.53 bits per heavy atom. The Morgan fingerprint density at radius 1 is 1.03 bits per heavy atom. The number of aryl methyl sites for hydroxylation is 1. The van der Waals surface area contributed by atoms with E-state index in [4.69, 9.17) is 9.72 Å². The van der Waals surface area contributed by atoms with Crippen LogP contribution in [0.5, 0.6) is 5.75 Å². The van der Waals surface area contributed by atoms with Crippen LogP contribution in [-0.4, -0.2) is 50.1 Å². The van der Waals surface area contributed by atoms with Gasteiger partial charge in [-0.1, -0.05) is 31.2 Å². The van der Waals surface area contributed by atoms with Crippen LogP contribution >= 0.6 is 0 Å². The smallest absolute Gasteiger partial charge is 0.251 e. The van der Waals surface area contributed by atoms with Crippen LogP contribution in [0.1, 0.15) is 23.0 Å². The van der Waals surface area contributed by atoms with Crippen LogP contribution in [0.3, 0.4) is 0 Å². The Balaban J connectivity index is 1.92. The molecular formula is C25H29N3O2. The summed E-state index contributed by atoms with van der Waals surface area (Å²) in [6.07, 6.45) is 2.71. The largest absolute Gasteiger partial charge is 0.497 e. The topological polar surface area (TPSA) is 54.5 Å². The van der Waals surface area contributed by atoms with E-state index in [1.54, 1.807) is 7.11 Å². The van der Waals surface area contributed by atoms with E-state index in [9.17, 15) is 4.79 Å². The Hall–Kier alpha value is -3.18. The van der Waals surface area contributed by atoms with Gasteiger partial charge in [0.15, 0.2) is 0 Å². The monoisotopic (exact) mass is 403 g/mol. The van der Waals surface area contributed by atoms with Gasteiger partial charge in [0.05, 0.1) is 7.11 Å². The SMILES string of the molecule is CCc1ncc(-c2cccc(C(=O)NCCN(C)C)c2)cc1-c1cccc(OC)c1. The second kappa shape index (κ2) is 10.0. The summed E-state index contributed by atoms with van der Waals surface area (Å²) in [5, 5.41) is 2.97. The summed E-state index contributed by atoms with van der Waals surface area (Å²) in [4.78, 5) is 19.3. The first kappa shape index (κ1) is 21.5. The Labute approximate surface area is 178 Å². The van der Waals surface area contributed by atoms with Crippen LogP contribution in [-0.2, 0) is 6.42 Å². The Bertz CT molecular complexity index is 1010. The number of benzene rings is 2. The summed E-state index contributed by atoms with van der Waals surface area (Å²) in [6, 6.07) is 17.8. The quantitative estimate of drug-likeness (QED) is 0.610. The van der Waals surface area contributed by atoms with Crippen LogP contribution in [0.15, 0.2) is 60.8 Å². The molecule has 2 aromatic carbocycles. The van der Waals surface area contributed by atoms with Crippen molar-refractivity contribution >= 4 is 5.91 Å². The van der Waals surface area contributed by atoms with E-state index in [1.165, 1.54) is 0 Å². The maximum absolute atomic E-state index is 12.5. The lowest BCUT2D eigenvalue weighted by Gasteiger charge is -2.13. The van der Waals surface area contributed by atoms with E-state index in [-0.39, 0.29) is 5.91 Å². The third-order valence-electron chi connectivity index (χ3n) is 4.99. The van der Waals surface area contributed by atoms with Crippen LogP contribution in [0.2, 0.25) is 0 Å². The molecule has 5 nitrogen and oxygen atoms in total. The first-order valence-electron chi connectivity index (χ1n) is 10.2. The number of pyridine rings is 1. The molecule has 1 heterocycles. The number of methoxy groups -OCH3 is 1. The molecule has 1 aromatic heterocycles. The van der Waals surface area contributed by atoms with Crippen molar-refractivity contribution in [2.75, 3.05) is 34.3 Å². The highest BCUT2D eigenvalue weighted by atomic mass is 16.5. The molecule has 156 valence electrons. The van der Waals surface area contributed by atoms with Gasteiger partial charge >= 0.3 is 0 Å². The number of nitrogens with zero attached hydrogens (tertiary/aromatic N) is 2. The van der Waals surface area contributed by atoms with Crippen molar-refractivity contribution in [1.82, 2.24) is 15.2 Å². The highest BCUT2D eigenvalue weighted by Gasteiger charge is 2.11. The molecule has 0 spiro atoms. The minimum Gasteiger partial charge on any atom is -0.497 e. The number of carbonyl (C=O) groups is 1. The molecule has 1 N–H and O–H groups in total. The minimum atomic E-state index is -0.0649. The summed E-state index contributed by atoms with van der Waals surface area (Å²) in [7, 11) is 5.64. The highest BCUT2D eigenvalue weighted by Crippen LogP contribution is 2.30. The number of rotatable bonds is 8. The van der Waals surface area contributed by atoms with Gasteiger partial charge in [-0.3, -0.25) is 9.78 Å². The van der Waals surface area contributed by atoms with E-state index in [1.807, 2.05) is 67.7 Å². The highest BCUT2D eigenvalue weighted by molar-refractivity contribution is 5.95. The molecule has 0 bridgehead atoms. The van der Waals surface area contributed by atoms with E-state index >= 15 is 0 Å². The number of nitrogens with one attached hydrogen (secondary N) is 1. The predicted molar refractivity (Wildman–Crippen MR) is 122 cm³/mol. The van der Waals surface area contributed by atoms with E-state index in [0.717, 1.165) is 46.7 Å². The van der Waals surface area contributed by atoms with Gasteiger partial charge in [-0.15, -0.1) is 0 Å². The normalized spacial score (nSPS) is 10.8. The van der Waals surface area contributed by atoms with Crippen molar-refractivity contribution < 1.29 is 9.53 Å². The lowest BCUT2D eigenvalue weighted by molar-refractivity contribution is 0.0951. The Kier molecular flexibility index (Phi) is 7.20. The molecule has 0 fully saturated rings. The average Bonchev–Trinajstić information content (AvgIpc) is 2.78. The second-order valence-electron chi connectivity index (χ2n) is 7.44. The van der Waals surface area contributed by atoms with Crippen molar-refractivity contribution in [2.45, 2.75) is 13.3 Å². The van der Waals surface area contributed by atoms with Gasteiger partial charge in [0.25, 0.3) is 5.91 Å².